The van der Waals surface area contributed by atoms with Gasteiger partial charge in [-0.15, -0.1) is 0 Å². The van der Waals surface area contributed by atoms with E-state index in [0.29, 0.717) is 17.4 Å². The molecule has 128 valence electrons. The molecule has 0 unspecified atom stereocenters. The van der Waals surface area contributed by atoms with Crippen LogP contribution in [0.1, 0.15) is 43.1 Å². The molecular weight excluding hydrogens is 312 g/mol. The van der Waals surface area contributed by atoms with Gasteiger partial charge in [-0.05, 0) is 44.9 Å². The van der Waals surface area contributed by atoms with Crippen LogP contribution in [0.3, 0.4) is 0 Å². The molecule has 1 atom stereocenters. The van der Waals surface area contributed by atoms with Gasteiger partial charge < -0.3 is 13.9 Å². The first-order valence-electron chi connectivity index (χ1n) is 7.80. The van der Waals surface area contributed by atoms with Crippen molar-refractivity contribution in [1.82, 2.24) is 0 Å². The van der Waals surface area contributed by atoms with Crippen molar-refractivity contribution in [3.8, 4) is 5.75 Å². The molecule has 2 aromatic rings. The molecule has 0 amide bonds. The summed E-state index contributed by atoms with van der Waals surface area (Å²) < 4.78 is 15.9. The Kier molecular flexibility index (Phi) is 5.39. The van der Waals surface area contributed by atoms with Crippen LogP contribution in [0.4, 0.5) is 0 Å². The highest BCUT2D eigenvalue weighted by atomic mass is 16.6. The quantitative estimate of drug-likeness (QED) is 0.459. The number of aryl methyl sites for hydroxylation is 1. The van der Waals surface area contributed by atoms with Gasteiger partial charge in [0.2, 0.25) is 0 Å². The van der Waals surface area contributed by atoms with Gasteiger partial charge in [-0.25, -0.2) is 9.59 Å². The second-order valence-corrected chi connectivity index (χ2v) is 5.39. The molecule has 0 spiro atoms. The molecule has 0 saturated heterocycles. The summed E-state index contributed by atoms with van der Waals surface area (Å²) in [5.41, 5.74) is 0.476. The van der Waals surface area contributed by atoms with Crippen LogP contribution in [0.15, 0.2) is 27.4 Å². The largest absolute Gasteiger partial charge is 0.478 e. The van der Waals surface area contributed by atoms with Gasteiger partial charge in [0.05, 0.1) is 6.61 Å². The molecule has 0 saturated carbocycles. The predicted octanol–water partition coefficient (Wildman–Crippen LogP) is 3.02. The molecule has 1 aromatic heterocycles. The maximum Gasteiger partial charge on any atom is 0.347 e. The number of esters is 1. The van der Waals surface area contributed by atoms with Gasteiger partial charge in [0, 0.05) is 11.5 Å². The third-order valence-electron chi connectivity index (χ3n) is 3.62. The van der Waals surface area contributed by atoms with Crippen LogP contribution in [-0.4, -0.2) is 24.5 Å². The Bertz CT molecular complexity index is 833. The normalized spacial score (nSPS) is 12.0. The number of ether oxygens (including phenoxy) is 2. The van der Waals surface area contributed by atoms with E-state index in [4.69, 9.17) is 13.9 Å². The predicted molar refractivity (Wildman–Crippen MR) is 88.6 cm³/mol. The summed E-state index contributed by atoms with van der Waals surface area (Å²) in [5, 5.41) is 0.649. The van der Waals surface area contributed by atoms with Crippen molar-refractivity contribution in [3.63, 3.8) is 0 Å². The molecule has 0 radical (unpaired) electrons. The summed E-state index contributed by atoms with van der Waals surface area (Å²) in [6, 6.07) is 4.67. The minimum Gasteiger partial charge on any atom is -0.478 e. The molecule has 0 fully saturated rings. The van der Waals surface area contributed by atoms with Crippen molar-refractivity contribution < 1.29 is 23.5 Å². The van der Waals surface area contributed by atoms with Gasteiger partial charge in [0.15, 0.2) is 17.5 Å². The first-order chi connectivity index (χ1) is 11.4. The van der Waals surface area contributed by atoms with Crippen molar-refractivity contribution in [1.29, 1.82) is 0 Å². The maximum absolute atomic E-state index is 12.1. The fourth-order valence-corrected chi connectivity index (χ4v) is 2.48. The lowest BCUT2D eigenvalue weighted by Crippen LogP contribution is -2.29. The van der Waals surface area contributed by atoms with E-state index < -0.39 is 17.7 Å². The average molecular weight is 332 g/mol. The number of hydrogen-bond donors (Lipinski definition) is 0. The monoisotopic (exact) mass is 332 g/mol. The third kappa shape index (κ3) is 3.48. The van der Waals surface area contributed by atoms with E-state index in [2.05, 4.69) is 0 Å². The fraction of sp³-hybridized carbons (Fsp3) is 0.389. The van der Waals surface area contributed by atoms with Crippen LogP contribution in [0.2, 0.25) is 0 Å². The van der Waals surface area contributed by atoms with E-state index in [0.717, 1.165) is 0 Å². The Balaban J connectivity index is 2.58. The molecule has 0 aliphatic carbocycles. The van der Waals surface area contributed by atoms with Crippen molar-refractivity contribution in [3.05, 3.63) is 39.7 Å². The SMILES string of the molecule is CCOC(=O)[C@@H](CC)Oc1ccc2c(C)cc(=O)oc2c1C(C)=O. The molecule has 1 aromatic carbocycles. The average Bonchev–Trinajstić information content (AvgIpc) is 2.51. The third-order valence-corrected chi connectivity index (χ3v) is 3.62. The van der Waals surface area contributed by atoms with Crippen molar-refractivity contribution in [2.75, 3.05) is 6.61 Å². The van der Waals surface area contributed by atoms with Gasteiger partial charge in [0.25, 0.3) is 0 Å². The number of ketones is 1. The zero-order chi connectivity index (χ0) is 17.9. The highest BCUT2D eigenvalue weighted by Crippen LogP contribution is 2.30. The Morgan fingerprint density at radius 2 is 1.96 bits per heavy atom. The zero-order valence-corrected chi connectivity index (χ0v) is 14.2. The standard InChI is InChI=1S/C18H20O6/c1-5-13(18(21)22-6-2)23-14-8-7-12-10(3)9-15(20)24-17(12)16(14)11(4)19/h7-9,13H,5-6H2,1-4H3/t13-/m1/s1. The lowest BCUT2D eigenvalue weighted by Gasteiger charge is -2.18. The van der Waals surface area contributed by atoms with Crippen LogP contribution in [0.25, 0.3) is 11.0 Å². The minimum absolute atomic E-state index is 0.149. The number of fused-ring (bicyclic) bond motifs is 1. The summed E-state index contributed by atoms with van der Waals surface area (Å²) in [7, 11) is 0. The highest BCUT2D eigenvalue weighted by Gasteiger charge is 2.24. The Morgan fingerprint density at radius 1 is 1.25 bits per heavy atom. The van der Waals surface area contributed by atoms with Gasteiger partial charge in [-0.3, -0.25) is 4.79 Å². The zero-order valence-electron chi connectivity index (χ0n) is 14.2. The van der Waals surface area contributed by atoms with Crippen LogP contribution < -0.4 is 10.4 Å². The number of rotatable bonds is 6. The molecule has 2 rings (SSSR count). The Hall–Kier alpha value is -2.63. The Morgan fingerprint density at radius 3 is 2.54 bits per heavy atom. The van der Waals surface area contributed by atoms with Gasteiger partial charge in [-0.1, -0.05) is 6.92 Å². The fourth-order valence-electron chi connectivity index (χ4n) is 2.48. The maximum atomic E-state index is 12.1. The number of Topliss-reactive ketones (excluding diaryl/α,β-unsaturated/α-hetero) is 1. The molecule has 1 heterocycles. The van der Waals surface area contributed by atoms with E-state index in [-0.39, 0.29) is 29.3 Å². The molecule has 6 nitrogen and oxygen atoms in total. The summed E-state index contributed by atoms with van der Waals surface area (Å²) in [4.78, 5) is 35.7. The molecule has 24 heavy (non-hydrogen) atoms. The van der Waals surface area contributed by atoms with E-state index in [1.54, 1.807) is 32.9 Å². The lowest BCUT2D eigenvalue weighted by molar-refractivity contribution is -0.151. The molecule has 0 N–H and O–H groups in total. The summed E-state index contributed by atoms with van der Waals surface area (Å²) in [6.45, 7) is 6.84. The summed E-state index contributed by atoms with van der Waals surface area (Å²) in [6.07, 6.45) is -0.455. The smallest absolute Gasteiger partial charge is 0.347 e. The van der Waals surface area contributed by atoms with Crippen LogP contribution >= 0.6 is 0 Å². The van der Waals surface area contributed by atoms with Crippen LogP contribution in [0.5, 0.6) is 5.75 Å². The number of carbonyl (C=O) groups excluding carboxylic acids is 2. The van der Waals surface area contributed by atoms with E-state index in [9.17, 15) is 14.4 Å². The molecular formula is C18H20O6. The summed E-state index contributed by atoms with van der Waals surface area (Å²) in [5.74, 6) is -0.619. The molecule has 0 aliphatic rings. The molecule has 0 bridgehead atoms. The van der Waals surface area contributed by atoms with Crippen molar-refractivity contribution in [2.24, 2.45) is 0 Å². The summed E-state index contributed by atoms with van der Waals surface area (Å²) >= 11 is 0. The van der Waals surface area contributed by atoms with Crippen LogP contribution in [-0.2, 0) is 9.53 Å². The van der Waals surface area contributed by atoms with Gasteiger partial charge >= 0.3 is 11.6 Å². The first-order valence-corrected chi connectivity index (χ1v) is 7.80. The van der Waals surface area contributed by atoms with Gasteiger partial charge in [0.1, 0.15) is 11.3 Å². The van der Waals surface area contributed by atoms with Gasteiger partial charge in [-0.2, -0.15) is 0 Å². The molecule has 6 heteroatoms. The van der Waals surface area contributed by atoms with E-state index in [1.165, 1.54) is 13.0 Å². The van der Waals surface area contributed by atoms with E-state index >= 15 is 0 Å². The second kappa shape index (κ2) is 7.29. The Labute approximate surface area is 139 Å². The number of carbonyl (C=O) groups is 2. The van der Waals surface area contributed by atoms with Crippen molar-refractivity contribution in [2.45, 2.75) is 40.2 Å². The molecule has 0 aliphatic heterocycles. The number of hydrogen-bond acceptors (Lipinski definition) is 6. The topological polar surface area (TPSA) is 82.8 Å². The minimum atomic E-state index is -0.836. The number of benzene rings is 1. The van der Waals surface area contributed by atoms with Crippen molar-refractivity contribution >= 4 is 22.7 Å². The highest BCUT2D eigenvalue weighted by molar-refractivity contribution is 6.07. The second-order valence-electron chi connectivity index (χ2n) is 5.39. The van der Waals surface area contributed by atoms with Crippen LogP contribution in [0, 0.1) is 6.92 Å². The van der Waals surface area contributed by atoms with E-state index in [1.807, 2.05) is 0 Å². The first kappa shape index (κ1) is 17.7. The lowest BCUT2D eigenvalue weighted by atomic mass is 10.0.